The van der Waals surface area contributed by atoms with Gasteiger partial charge < -0.3 is 10.1 Å². The van der Waals surface area contributed by atoms with Crippen molar-refractivity contribution in [3.05, 3.63) is 35.9 Å². The fourth-order valence-electron chi connectivity index (χ4n) is 3.43. The molecule has 27 heavy (non-hydrogen) atoms. The minimum Gasteiger partial charge on any atom is -0.444 e. The maximum absolute atomic E-state index is 13.1. The van der Waals surface area contributed by atoms with Gasteiger partial charge in [0.05, 0.1) is 0 Å². The molecule has 150 valence electrons. The summed E-state index contributed by atoms with van der Waals surface area (Å²) in [6.45, 7) is 5.49. The maximum atomic E-state index is 13.1. The van der Waals surface area contributed by atoms with Crippen molar-refractivity contribution in [3.63, 3.8) is 0 Å². The third-order valence-electron chi connectivity index (χ3n) is 4.93. The molecule has 1 aliphatic carbocycles. The number of ether oxygens (including phenoxy) is 1. The third-order valence-corrected chi connectivity index (χ3v) is 4.93. The largest absolute Gasteiger partial charge is 0.444 e. The first-order chi connectivity index (χ1) is 12.8. The van der Waals surface area contributed by atoms with Crippen molar-refractivity contribution in [1.82, 2.24) is 10.2 Å². The summed E-state index contributed by atoms with van der Waals surface area (Å²) < 4.78 is 5.49. The van der Waals surface area contributed by atoms with E-state index >= 15 is 0 Å². The maximum Gasteiger partial charge on any atom is 0.410 e. The molecule has 1 atom stereocenters. The second kappa shape index (κ2) is 9.77. The van der Waals surface area contributed by atoms with E-state index in [0.717, 1.165) is 31.2 Å². The number of benzene rings is 1. The van der Waals surface area contributed by atoms with Crippen LogP contribution in [0.1, 0.15) is 64.9 Å². The molecule has 5 heteroatoms. The van der Waals surface area contributed by atoms with Crippen LogP contribution < -0.4 is 5.32 Å². The smallest absolute Gasteiger partial charge is 0.410 e. The van der Waals surface area contributed by atoms with Crippen molar-refractivity contribution < 1.29 is 14.3 Å². The first-order valence-electron chi connectivity index (χ1n) is 10.1. The quantitative estimate of drug-likeness (QED) is 0.782. The Morgan fingerprint density at radius 2 is 1.70 bits per heavy atom. The number of likely N-dealkylation sites (N-methyl/N-ethyl adjacent to an activating group) is 1. The molecule has 0 saturated heterocycles. The molecule has 2 rings (SSSR count). The van der Waals surface area contributed by atoms with Gasteiger partial charge in [0, 0.05) is 19.5 Å². The van der Waals surface area contributed by atoms with Crippen molar-refractivity contribution in [2.24, 2.45) is 0 Å². The lowest BCUT2D eigenvalue weighted by molar-refractivity contribution is -0.126. The molecular formula is C22H34N2O3. The normalized spacial score (nSPS) is 16.9. The van der Waals surface area contributed by atoms with Gasteiger partial charge in [0.15, 0.2) is 0 Å². The van der Waals surface area contributed by atoms with Gasteiger partial charge in [0.25, 0.3) is 0 Å². The lowest BCUT2D eigenvalue weighted by Crippen LogP contribution is -2.52. The van der Waals surface area contributed by atoms with Crippen molar-refractivity contribution in [1.29, 1.82) is 0 Å². The molecule has 0 aromatic heterocycles. The number of carbonyl (C=O) groups is 2. The molecule has 0 bridgehead atoms. The molecule has 0 heterocycles. The Morgan fingerprint density at radius 1 is 1.11 bits per heavy atom. The van der Waals surface area contributed by atoms with Crippen LogP contribution in [-0.2, 0) is 16.0 Å². The summed E-state index contributed by atoms with van der Waals surface area (Å²) in [5.74, 6) is -0.0980. The number of nitrogens with zero attached hydrogens (tertiary/aromatic N) is 1. The second-order valence-electron chi connectivity index (χ2n) is 8.49. The predicted octanol–water partition coefficient (Wildman–Crippen LogP) is 4.30. The molecule has 1 saturated carbocycles. The standard InChI is InChI=1S/C22H34N2O3/c1-22(2,3)27-21(26)24(4)19(16-17-12-8-7-9-13-17)20(25)23-18-14-10-5-6-11-15-18/h7-9,12-13,18-19H,5-6,10-11,14-16H2,1-4H3,(H,23,25)/t19-/m1/s1. The summed E-state index contributed by atoms with van der Waals surface area (Å²) in [7, 11) is 1.65. The predicted molar refractivity (Wildman–Crippen MR) is 108 cm³/mol. The minimum atomic E-state index is -0.597. The van der Waals surface area contributed by atoms with Gasteiger partial charge in [-0.25, -0.2) is 4.79 Å². The van der Waals surface area contributed by atoms with Gasteiger partial charge in [-0.1, -0.05) is 56.0 Å². The van der Waals surface area contributed by atoms with Crippen LogP contribution in [0.4, 0.5) is 4.79 Å². The minimum absolute atomic E-state index is 0.0980. The van der Waals surface area contributed by atoms with Gasteiger partial charge in [-0.3, -0.25) is 9.69 Å². The molecule has 1 fully saturated rings. The first-order valence-corrected chi connectivity index (χ1v) is 10.1. The summed E-state index contributed by atoms with van der Waals surface area (Å²) in [5, 5.41) is 3.19. The van der Waals surface area contributed by atoms with Crippen molar-refractivity contribution in [3.8, 4) is 0 Å². The Hall–Kier alpha value is -2.04. The van der Waals surface area contributed by atoms with Crippen molar-refractivity contribution in [2.45, 2.75) is 83.4 Å². The van der Waals surface area contributed by atoms with E-state index < -0.39 is 17.7 Å². The number of hydrogen-bond acceptors (Lipinski definition) is 3. The highest BCUT2D eigenvalue weighted by atomic mass is 16.6. The van der Waals surface area contributed by atoms with Crippen LogP contribution in [0.3, 0.4) is 0 Å². The molecule has 0 radical (unpaired) electrons. The molecule has 1 aliphatic rings. The second-order valence-corrected chi connectivity index (χ2v) is 8.49. The van der Waals surface area contributed by atoms with Crippen LogP contribution in [0.5, 0.6) is 0 Å². The van der Waals surface area contributed by atoms with Crippen molar-refractivity contribution in [2.75, 3.05) is 7.05 Å². The Bertz CT molecular complexity index is 602. The van der Waals surface area contributed by atoms with E-state index in [1.54, 1.807) is 7.05 Å². The Morgan fingerprint density at radius 3 is 2.26 bits per heavy atom. The average molecular weight is 375 g/mol. The molecule has 5 nitrogen and oxygen atoms in total. The van der Waals surface area contributed by atoms with Gasteiger partial charge in [-0.15, -0.1) is 0 Å². The van der Waals surface area contributed by atoms with Gasteiger partial charge >= 0.3 is 6.09 Å². The topological polar surface area (TPSA) is 58.6 Å². The van der Waals surface area contributed by atoms with Crippen LogP contribution in [-0.4, -0.2) is 41.6 Å². The van der Waals surface area contributed by atoms with Gasteiger partial charge in [0.2, 0.25) is 5.91 Å². The molecule has 1 N–H and O–H groups in total. The van der Waals surface area contributed by atoms with E-state index in [1.807, 2.05) is 51.1 Å². The third kappa shape index (κ3) is 7.24. The van der Waals surface area contributed by atoms with Crippen LogP contribution in [0, 0.1) is 0 Å². The lowest BCUT2D eigenvalue weighted by atomic mass is 10.0. The fraction of sp³-hybridized carbons (Fsp3) is 0.636. The number of rotatable bonds is 5. The Kier molecular flexibility index (Phi) is 7.69. The van der Waals surface area contributed by atoms with E-state index in [-0.39, 0.29) is 11.9 Å². The first kappa shape index (κ1) is 21.3. The van der Waals surface area contributed by atoms with Crippen LogP contribution in [0.25, 0.3) is 0 Å². The van der Waals surface area contributed by atoms with E-state index in [0.29, 0.717) is 6.42 Å². The molecule has 0 aliphatic heterocycles. The molecule has 0 unspecified atom stereocenters. The van der Waals surface area contributed by atoms with Crippen LogP contribution in [0.15, 0.2) is 30.3 Å². The fourth-order valence-corrected chi connectivity index (χ4v) is 3.43. The molecular weight excluding hydrogens is 340 g/mol. The summed E-state index contributed by atoms with van der Waals surface area (Å²) in [6, 6.07) is 9.41. The van der Waals surface area contributed by atoms with Gasteiger partial charge in [-0.2, -0.15) is 0 Å². The summed E-state index contributed by atoms with van der Waals surface area (Å²) in [5.41, 5.74) is 0.425. The van der Waals surface area contributed by atoms with Gasteiger partial charge in [0.1, 0.15) is 11.6 Å². The zero-order valence-electron chi connectivity index (χ0n) is 17.2. The zero-order chi connectivity index (χ0) is 19.9. The van der Waals surface area contributed by atoms with E-state index in [2.05, 4.69) is 5.32 Å². The van der Waals surface area contributed by atoms with Gasteiger partial charge in [-0.05, 0) is 39.2 Å². The molecule has 1 aromatic carbocycles. The molecule has 0 spiro atoms. The van der Waals surface area contributed by atoms with Crippen LogP contribution in [0.2, 0.25) is 0 Å². The Balaban J connectivity index is 2.12. The van der Waals surface area contributed by atoms with E-state index in [9.17, 15) is 9.59 Å². The summed E-state index contributed by atoms with van der Waals surface area (Å²) >= 11 is 0. The monoisotopic (exact) mass is 374 g/mol. The Labute approximate surface area is 163 Å². The zero-order valence-corrected chi connectivity index (χ0v) is 17.2. The van der Waals surface area contributed by atoms with Crippen molar-refractivity contribution >= 4 is 12.0 Å². The highest BCUT2D eigenvalue weighted by Gasteiger charge is 2.31. The number of nitrogens with one attached hydrogen (secondary N) is 1. The number of hydrogen-bond donors (Lipinski definition) is 1. The van der Waals surface area contributed by atoms with Crippen LogP contribution >= 0.6 is 0 Å². The summed E-state index contributed by atoms with van der Waals surface area (Å²) in [6.07, 6.45) is 6.79. The number of carbonyl (C=O) groups excluding carboxylic acids is 2. The number of amides is 2. The molecule has 2 amide bonds. The SMILES string of the molecule is CN(C(=O)OC(C)(C)C)[C@H](Cc1ccccc1)C(=O)NC1CCCCCC1. The highest BCUT2D eigenvalue weighted by Crippen LogP contribution is 2.19. The molecule has 1 aromatic rings. The summed E-state index contributed by atoms with van der Waals surface area (Å²) in [4.78, 5) is 27.1. The highest BCUT2D eigenvalue weighted by molar-refractivity contribution is 5.86. The lowest BCUT2D eigenvalue weighted by Gasteiger charge is -2.31. The van der Waals surface area contributed by atoms with E-state index in [1.165, 1.54) is 17.7 Å². The average Bonchev–Trinajstić information content (AvgIpc) is 2.87. The van der Waals surface area contributed by atoms with E-state index in [4.69, 9.17) is 4.74 Å².